The van der Waals surface area contributed by atoms with E-state index in [1.54, 1.807) is 38.1 Å². The summed E-state index contributed by atoms with van der Waals surface area (Å²) in [4.78, 5) is 61.8. The van der Waals surface area contributed by atoms with Gasteiger partial charge in [-0.1, -0.05) is 50.6 Å². The molecule has 0 aliphatic rings. The van der Waals surface area contributed by atoms with Crippen LogP contribution in [0, 0.1) is 5.92 Å². The Balaban J connectivity index is 3.09. The molecule has 0 heterocycles. The summed E-state index contributed by atoms with van der Waals surface area (Å²) in [6.45, 7) is 3.72. The summed E-state index contributed by atoms with van der Waals surface area (Å²) in [6, 6.07) is 4.55. The second kappa shape index (κ2) is 16.3. The lowest BCUT2D eigenvalue weighted by atomic mass is 10.0. The first-order valence-corrected chi connectivity index (χ1v) is 12.4. The Labute approximate surface area is 217 Å². The topological polar surface area (TPSA) is 220 Å². The second-order valence-corrected chi connectivity index (χ2v) is 9.28. The smallest absolute Gasteiger partial charge is 0.326 e. The van der Waals surface area contributed by atoms with Crippen molar-refractivity contribution in [3.63, 3.8) is 0 Å². The number of hydrogen-bond donors (Lipinski definition) is 7. The average molecular weight is 521 g/mol. The van der Waals surface area contributed by atoms with Crippen molar-refractivity contribution in [1.29, 1.82) is 0 Å². The lowest BCUT2D eigenvalue weighted by molar-refractivity contribution is -0.143. The Kier molecular flexibility index (Phi) is 13.9. The molecule has 0 radical (unpaired) electrons. The molecule has 0 saturated heterocycles. The lowest BCUT2D eigenvalue weighted by Crippen LogP contribution is -2.58. The van der Waals surface area contributed by atoms with Crippen LogP contribution in [-0.4, -0.2) is 65.4 Å². The van der Waals surface area contributed by atoms with Gasteiger partial charge in [-0.3, -0.25) is 19.2 Å². The molecule has 4 amide bonds. The molecule has 37 heavy (non-hydrogen) atoms. The number of unbranched alkanes of at least 4 members (excludes halogenated alkanes) is 1. The van der Waals surface area contributed by atoms with Gasteiger partial charge in [0.2, 0.25) is 23.6 Å². The summed E-state index contributed by atoms with van der Waals surface area (Å²) >= 11 is 0. The van der Waals surface area contributed by atoms with E-state index in [-0.39, 0.29) is 19.3 Å². The van der Waals surface area contributed by atoms with E-state index in [1.807, 2.05) is 6.07 Å². The number of carbonyl (C=O) groups is 5. The highest BCUT2D eigenvalue weighted by atomic mass is 16.4. The molecule has 0 aliphatic heterocycles. The van der Waals surface area contributed by atoms with Gasteiger partial charge in [0.1, 0.15) is 18.1 Å². The Morgan fingerprint density at radius 3 is 2.00 bits per heavy atom. The second-order valence-electron chi connectivity index (χ2n) is 9.28. The predicted octanol–water partition coefficient (Wildman–Crippen LogP) is -0.854. The van der Waals surface area contributed by atoms with E-state index >= 15 is 0 Å². The van der Waals surface area contributed by atoms with Crippen molar-refractivity contribution in [3.8, 4) is 0 Å². The van der Waals surface area contributed by atoms with Crippen molar-refractivity contribution in [2.45, 2.75) is 76.5 Å². The summed E-state index contributed by atoms with van der Waals surface area (Å²) < 4.78 is 0. The van der Waals surface area contributed by atoms with Gasteiger partial charge in [-0.2, -0.15) is 0 Å². The number of nitrogens with one attached hydrogen (secondary N) is 3. The van der Waals surface area contributed by atoms with Crippen LogP contribution in [-0.2, 0) is 30.4 Å². The molecule has 10 N–H and O–H groups in total. The monoisotopic (exact) mass is 520 g/mol. The van der Waals surface area contributed by atoms with Crippen LogP contribution in [0.1, 0.15) is 51.5 Å². The molecule has 12 heteroatoms. The first kappa shape index (κ1) is 31.5. The number of rotatable bonds is 17. The summed E-state index contributed by atoms with van der Waals surface area (Å²) in [5.41, 5.74) is 17.4. The van der Waals surface area contributed by atoms with Gasteiger partial charge in [-0.15, -0.1) is 0 Å². The molecule has 4 atom stereocenters. The number of primary amides is 1. The highest BCUT2D eigenvalue weighted by Gasteiger charge is 2.31. The van der Waals surface area contributed by atoms with Crippen LogP contribution in [0.5, 0.6) is 0 Å². The van der Waals surface area contributed by atoms with Crippen molar-refractivity contribution in [2.24, 2.45) is 23.1 Å². The molecule has 1 rings (SSSR count). The van der Waals surface area contributed by atoms with Crippen LogP contribution in [0.25, 0.3) is 0 Å². The van der Waals surface area contributed by atoms with E-state index in [1.165, 1.54) is 0 Å². The Bertz CT molecular complexity index is 910. The number of nitrogens with two attached hydrogens (primary N) is 3. The summed E-state index contributed by atoms with van der Waals surface area (Å²) in [5.74, 6) is -4.35. The van der Waals surface area contributed by atoms with E-state index in [9.17, 15) is 29.1 Å². The zero-order valence-electron chi connectivity index (χ0n) is 21.4. The van der Waals surface area contributed by atoms with Gasteiger partial charge in [0.05, 0.1) is 6.04 Å². The number of benzene rings is 1. The number of carboxylic acids is 1. The lowest BCUT2D eigenvalue weighted by Gasteiger charge is -2.26. The van der Waals surface area contributed by atoms with Crippen LogP contribution in [0.15, 0.2) is 30.3 Å². The quantitative estimate of drug-likeness (QED) is 0.128. The van der Waals surface area contributed by atoms with Crippen LogP contribution < -0.4 is 33.2 Å². The van der Waals surface area contributed by atoms with E-state index in [4.69, 9.17) is 17.2 Å². The van der Waals surface area contributed by atoms with Crippen molar-refractivity contribution in [3.05, 3.63) is 35.9 Å². The first-order valence-electron chi connectivity index (χ1n) is 12.4. The standard InChI is InChI=1S/C25H40N6O6/c1-15(2)21(25(36)37)31-23(34)18(11-12-20(28)32)29-24(35)19(14-16-8-4-3-5-9-16)30-22(33)17(27)10-6-7-13-26/h3-5,8-9,15,17-19,21H,6-7,10-14,26-27H2,1-2H3,(H2,28,32)(H,29,35)(H,30,33)(H,31,34)(H,36,37). The third-order valence-corrected chi connectivity index (χ3v) is 5.76. The Hall–Kier alpha value is -3.51. The molecule has 0 saturated carbocycles. The molecule has 0 spiro atoms. The molecule has 0 fully saturated rings. The molecule has 0 aromatic heterocycles. The zero-order valence-corrected chi connectivity index (χ0v) is 21.4. The predicted molar refractivity (Wildman–Crippen MR) is 138 cm³/mol. The third kappa shape index (κ3) is 11.8. The molecular formula is C25H40N6O6. The SMILES string of the molecule is CC(C)C(NC(=O)C(CCC(N)=O)NC(=O)C(Cc1ccccc1)NC(=O)C(N)CCCCN)C(=O)O. The van der Waals surface area contributed by atoms with E-state index in [2.05, 4.69) is 16.0 Å². The number of hydrogen-bond acceptors (Lipinski definition) is 7. The maximum absolute atomic E-state index is 13.3. The molecule has 4 unspecified atom stereocenters. The average Bonchev–Trinajstić information content (AvgIpc) is 2.84. The fraction of sp³-hybridized carbons (Fsp3) is 0.560. The van der Waals surface area contributed by atoms with Crippen molar-refractivity contribution in [1.82, 2.24) is 16.0 Å². The maximum atomic E-state index is 13.3. The zero-order chi connectivity index (χ0) is 28.0. The molecular weight excluding hydrogens is 480 g/mol. The van der Waals surface area contributed by atoms with Gasteiger partial charge in [0.15, 0.2) is 0 Å². The fourth-order valence-electron chi connectivity index (χ4n) is 3.57. The Morgan fingerprint density at radius 2 is 1.46 bits per heavy atom. The van der Waals surface area contributed by atoms with E-state index in [0.29, 0.717) is 25.8 Å². The largest absolute Gasteiger partial charge is 0.480 e. The minimum atomic E-state index is -1.26. The van der Waals surface area contributed by atoms with Gasteiger partial charge in [0.25, 0.3) is 0 Å². The summed E-state index contributed by atoms with van der Waals surface area (Å²) in [6.07, 6.45) is 1.48. The normalized spacial score (nSPS) is 14.2. The molecule has 12 nitrogen and oxygen atoms in total. The van der Waals surface area contributed by atoms with Gasteiger partial charge in [-0.25, -0.2) is 4.79 Å². The van der Waals surface area contributed by atoms with Gasteiger partial charge in [-0.05, 0) is 37.3 Å². The van der Waals surface area contributed by atoms with Crippen LogP contribution in [0.3, 0.4) is 0 Å². The molecule has 0 aliphatic carbocycles. The number of amides is 4. The maximum Gasteiger partial charge on any atom is 0.326 e. The molecule has 0 bridgehead atoms. The Morgan fingerprint density at radius 1 is 0.865 bits per heavy atom. The minimum absolute atomic E-state index is 0.113. The first-order chi connectivity index (χ1) is 17.5. The van der Waals surface area contributed by atoms with Gasteiger partial charge < -0.3 is 38.3 Å². The molecule has 206 valence electrons. The highest BCUT2D eigenvalue weighted by molar-refractivity contribution is 5.94. The van der Waals surface area contributed by atoms with Gasteiger partial charge in [0, 0.05) is 12.8 Å². The van der Waals surface area contributed by atoms with Crippen LogP contribution >= 0.6 is 0 Å². The summed E-state index contributed by atoms with van der Waals surface area (Å²) in [7, 11) is 0. The van der Waals surface area contributed by atoms with Crippen molar-refractivity contribution >= 4 is 29.6 Å². The number of carboxylic acid groups (broad SMARTS) is 1. The van der Waals surface area contributed by atoms with Crippen molar-refractivity contribution in [2.75, 3.05) is 6.54 Å². The number of aliphatic carboxylic acids is 1. The van der Waals surface area contributed by atoms with E-state index in [0.717, 1.165) is 5.56 Å². The molecule has 1 aromatic rings. The van der Waals surface area contributed by atoms with E-state index < -0.39 is 59.7 Å². The van der Waals surface area contributed by atoms with Crippen LogP contribution in [0.2, 0.25) is 0 Å². The summed E-state index contributed by atoms with van der Waals surface area (Å²) in [5, 5.41) is 17.0. The number of carbonyl (C=O) groups excluding carboxylic acids is 4. The highest BCUT2D eigenvalue weighted by Crippen LogP contribution is 2.08. The molecule has 1 aromatic carbocycles. The third-order valence-electron chi connectivity index (χ3n) is 5.76. The van der Waals surface area contributed by atoms with Crippen molar-refractivity contribution < 1.29 is 29.1 Å². The van der Waals surface area contributed by atoms with Crippen LogP contribution in [0.4, 0.5) is 0 Å². The van der Waals surface area contributed by atoms with Gasteiger partial charge >= 0.3 is 5.97 Å². The minimum Gasteiger partial charge on any atom is -0.480 e. The fourth-order valence-corrected chi connectivity index (χ4v) is 3.57.